The molecule has 0 nitrogen and oxygen atoms in total. The lowest BCUT2D eigenvalue weighted by Gasteiger charge is -2.24. The topological polar surface area (TPSA) is 0 Å². The number of hydrogen-bond donors (Lipinski definition) is 0. The van der Waals surface area contributed by atoms with Crippen molar-refractivity contribution < 1.29 is 12.9 Å². The molecule has 1 aliphatic carbocycles. The van der Waals surface area contributed by atoms with Crippen LogP contribution in [-0.2, 0) is 0 Å². The fourth-order valence-corrected chi connectivity index (χ4v) is 1.69. The number of hydrogen-bond acceptors (Lipinski definition) is 0. The van der Waals surface area contributed by atoms with Gasteiger partial charge < -0.3 is 12.9 Å². The van der Waals surface area contributed by atoms with Crippen LogP contribution in [0.1, 0.15) is 38.5 Å². The molecule has 0 aromatic carbocycles. The summed E-state index contributed by atoms with van der Waals surface area (Å²) in [5.41, 5.74) is 0. The molecule has 0 unspecified atom stereocenters. The van der Waals surface area contributed by atoms with Crippen molar-refractivity contribution in [3.05, 3.63) is 0 Å². The monoisotopic (exact) mass is 165 g/mol. The molecule has 0 amide bonds. The lowest BCUT2D eigenvalue weighted by Crippen LogP contribution is -2.23. The van der Waals surface area contributed by atoms with Gasteiger partial charge in [0.05, 0.1) is 0 Å². The molecule has 4 heteroatoms. The van der Waals surface area contributed by atoms with Crippen molar-refractivity contribution >= 4 is 6.98 Å². The highest BCUT2D eigenvalue weighted by atomic mass is 19.4. The zero-order chi connectivity index (χ0) is 8.32. The van der Waals surface area contributed by atoms with E-state index in [1.54, 1.807) is 0 Å². The second kappa shape index (κ2) is 3.50. The molecule has 0 heterocycles. The Hall–Kier alpha value is -0.145. The van der Waals surface area contributed by atoms with Crippen molar-refractivity contribution in [1.29, 1.82) is 0 Å². The normalized spacial score (nSPS) is 23.2. The lowest BCUT2D eigenvalue weighted by atomic mass is 9.68. The van der Waals surface area contributed by atoms with E-state index < -0.39 is 12.8 Å². The van der Waals surface area contributed by atoms with Gasteiger partial charge in [0.1, 0.15) is 0 Å². The van der Waals surface area contributed by atoms with E-state index in [9.17, 15) is 12.9 Å². The zero-order valence-electron chi connectivity index (χ0n) is 6.53. The minimum Gasteiger partial charge on any atom is -0.449 e. The standard InChI is InChI=1S/C7H13BF3/c9-8(10,11)7-5-3-1-2-4-6-7/h7H,1-6H2/q-1. The molecule has 0 radical (unpaired) electrons. The smallest absolute Gasteiger partial charge is 0.449 e. The van der Waals surface area contributed by atoms with Gasteiger partial charge in [0.25, 0.3) is 0 Å². The van der Waals surface area contributed by atoms with Gasteiger partial charge in [-0.25, -0.2) is 0 Å². The molecule has 0 aromatic heterocycles. The quantitative estimate of drug-likeness (QED) is 0.411. The summed E-state index contributed by atoms with van der Waals surface area (Å²) in [5, 5.41) is 0. The minimum atomic E-state index is -4.55. The highest BCUT2D eigenvalue weighted by Crippen LogP contribution is 2.37. The van der Waals surface area contributed by atoms with Crippen LogP contribution in [0, 0.1) is 0 Å². The van der Waals surface area contributed by atoms with Crippen molar-refractivity contribution in [3.8, 4) is 0 Å². The van der Waals surface area contributed by atoms with Gasteiger partial charge in [-0.05, 0) is 0 Å². The summed E-state index contributed by atoms with van der Waals surface area (Å²) in [6.07, 6.45) is 4.27. The van der Waals surface area contributed by atoms with E-state index >= 15 is 0 Å². The molecule has 0 atom stereocenters. The van der Waals surface area contributed by atoms with Gasteiger partial charge in [0.2, 0.25) is 0 Å². The Morgan fingerprint density at radius 3 is 1.64 bits per heavy atom. The van der Waals surface area contributed by atoms with E-state index in [2.05, 4.69) is 0 Å². The molecule has 0 bridgehead atoms. The Labute approximate surface area is 65.2 Å². The predicted octanol–water partition coefficient (Wildman–Crippen LogP) is 3.56. The van der Waals surface area contributed by atoms with Crippen molar-refractivity contribution in [1.82, 2.24) is 0 Å². The molecule has 0 aromatic rings. The predicted molar refractivity (Wildman–Crippen MR) is 40.5 cm³/mol. The molecule has 1 fully saturated rings. The van der Waals surface area contributed by atoms with Gasteiger partial charge in [-0.3, -0.25) is 0 Å². The maximum absolute atomic E-state index is 12.2. The van der Waals surface area contributed by atoms with Crippen LogP contribution in [-0.4, -0.2) is 6.98 Å². The first-order valence-corrected chi connectivity index (χ1v) is 4.30. The second-order valence-electron chi connectivity index (χ2n) is 3.38. The molecule has 0 aliphatic heterocycles. The first-order chi connectivity index (χ1) is 5.11. The van der Waals surface area contributed by atoms with Crippen LogP contribution in [0.15, 0.2) is 0 Å². The molecule has 0 N–H and O–H groups in total. The molecular weight excluding hydrogens is 152 g/mol. The van der Waals surface area contributed by atoms with Gasteiger partial charge in [-0.1, -0.05) is 44.3 Å². The van der Waals surface area contributed by atoms with Crippen molar-refractivity contribution in [2.75, 3.05) is 0 Å². The van der Waals surface area contributed by atoms with Crippen molar-refractivity contribution in [3.63, 3.8) is 0 Å². The fraction of sp³-hybridized carbons (Fsp3) is 1.00. The van der Waals surface area contributed by atoms with Crippen molar-refractivity contribution in [2.45, 2.75) is 44.3 Å². The second-order valence-corrected chi connectivity index (χ2v) is 3.38. The SMILES string of the molecule is F[B-](F)(F)C1CCCCCC1. The highest BCUT2D eigenvalue weighted by Gasteiger charge is 2.34. The van der Waals surface area contributed by atoms with E-state index in [-0.39, 0.29) is 0 Å². The Morgan fingerprint density at radius 2 is 1.27 bits per heavy atom. The van der Waals surface area contributed by atoms with E-state index in [0.29, 0.717) is 12.8 Å². The minimum absolute atomic E-state index is 0.378. The van der Waals surface area contributed by atoms with E-state index in [1.807, 2.05) is 0 Å². The van der Waals surface area contributed by atoms with Crippen LogP contribution in [0.3, 0.4) is 0 Å². The first-order valence-electron chi connectivity index (χ1n) is 4.30. The highest BCUT2D eigenvalue weighted by molar-refractivity contribution is 6.60. The van der Waals surface area contributed by atoms with Gasteiger partial charge in [0, 0.05) is 0 Å². The molecule has 1 aliphatic rings. The Morgan fingerprint density at radius 1 is 0.818 bits per heavy atom. The Kier molecular flexibility index (Phi) is 2.85. The van der Waals surface area contributed by atoms with Crippen LogP contribution in [0.5, 0.6) is 0 Å². The Balaban J connectivity index is 2.43. The Bertz CT molecular complexity index is 113. The molecule has 0 saturated heterocycles. The summed E-state index contributed by atoms with van der Waals surface area (Å²) in [6.45, 7) is -4.55. The molecule has 1 rings (SSSR count). The van der Waals surface area contributed by atoms with Gasteiger partial charge in [-0.2, -0.15) is 0 Å². The van der Waals surface area contributed by atoms with Crippen LogP contribution >= 0.6 is 0 Å². The summed E-state index contributed by atoms with van der Waals surface area (Å²) in [4.78, 5) is 0. The van der Waals surface area contributed by atoms with Crippen LogP contribution < -0.4 is 0 Å². The maximum atomic E-state index is 12.2. The molecule has 0 spiro atoms. The summed E-state index contributed by atoms with van der Waals surface area (Å²) >= 11 is 0. The van der Waals surface area contributed by atoms with E-state index in [1.165, 1.54) is 0 Å². The summed E-state index contributed by atoms with van der Waals surface area (Å²) in [6, 6.07) is 0. The summed E-state index contributed by atoms with van der Waals surface area (Å²) in [7, 11) is 0. The fourth-order valence-electron chi connectivity index (χ4n) is 1.69. The van der Waals surface area contributed by atoms with E-state index in [4.69, 9.17) is 0 Å². The molecular formula is C7H13BF3-. The average Bonchev–Trinajstić information content (AvgIpc) is 2.10. The van der Waals surface area contributed by atoms with E-state index in [0.717, 1.165) is 25.7 Å². The first kappa shape index (κ1) is 8.95. The lowest BCUT2D eigenvalue weighted by molar-refractivity contribution is 0.414. The largest absolute Gasteiger partial charge is 0.481 e. The van der Waals surface area contributed by atoms with Gasteiger partial charge in [-0.15, -0.1) is 0 Å². The summed E-state index contributed by atoms with van der Waals surface area (Å²) in [5.74, 6) is -0.947. The maximum Gasteiger partial charge on any atom is 0.481 e. The number of rotatable bonds is 1. The third-order valence-corrected chi connectivity index (χ3v) is 2.43. The third kappa shape index (κ3) is 2.76. The third-order valence-electron chi connectivity index (χ3n) is 2.43. The van der Waals surface area contributed by atoms with Gasteiger partial charge in [0.15, 0.2) is 0 Å². The zero-order valence-corrected chi connectivity index (χ0v) is 6.53. The van der Waals surface area contributed by atoms with Crippen LogP contribution in [0.2, 0.25) is 5.82 Å². The van der Waals surface area contributed by atoms with Crippen LogP contribution in [0.4, 0.5) is 12.9 Å². The van der Waals surface area contributed by atoms with Gasteiger partial charge >= 0.3 is 6.98 Å². The molecule has 1 saturated carbocycles. The average molecular weight is 165 g/mol. The van der Waals surface area contributed by atoms with Crippen LogP contribution in [0.25, 0.3) is 0 Å². The van der Waals surface area contributed by atoms with Crippen molar-refractivity contribution in [2.24, 2.45) is 0 Å². The number of halogens is 3. The molecule has 66 valence electrons. The molecule has 11 heavy (non-hydrogen) atoms. The summed E-state index contributed by atoms with van der Waals surface area (Å²) < 4.78 is 36.6.